The van der Waals surface area contributed by atoms with Crippen LogP contribution in [0.15, 0.2) is 77.2 Å². The maximum absolute atomic E-state index is 12.4. The highest BCUT2D eigenvalue weighted by atomic mass is 16.5. The van der Waals surface area contributed by atoms with Crippen LogP contribution in [-0.2, 0) is 24.2 Å². The number of aromatic nitrogens is 1. The fraction of sp³-hybridized carbons (Fsp3) is 0.267. The van der Waals surface area contributed by atoms with Gasteiger partial charge in [0.05, 0.1) is 19.4 Å². The van der Waals surface area contributed by atoms with Gasteiger partial charge in [-0.2, -0.15) is 0 Å². The van der Waals surface area contributed by atoms with E-state index < -0.39 is 12.0 Å². The molecule has 190 valence electrons. The van der Waals surface area contributed by atoms with Gasteiger partial charge in [-0.1, -0.05) is 36.4 Å². The maximum Gasteiger partial charge on any atom is 0.325 e. The van der Waals surface area contributed by atoms with Gasteiger partial charge in [0.25, 0.3) is 0 Å². The lowest BCUT2D eigenvalue weighted by Crippen LogP contribution is -2.39. The average Bonchev–Trinajstić information content (AvgIpc) is 3.29. The third-order valence-electron chi connectivity index (χ3n) is 6.75. The van der Waals surface area contributed by atoms with Crippen LogP contribution in [0.1, 0.15) is 34.2 Å². The zero-order chi connectivity index (χ0) is 25.8. The Bertz CT molecular complexity index is 1360. The molecule has 0 spiro atoms. The third kappa shape index (κ3) is 5.52. The summed E-state index contributed by atoms with van der Waals surface area (Å²) in [5.74, 6) is 1.94. The Balaban J connectivity index is 1.27. The van der Waals surface area contributed by atoms with Crippen molar-refractivity contribution in [1.29, 1.82) is 0 Å². The highest BCUT2D eigenvalue weighted by Crippen LogP contribution is 2.34. The number of nitrogens with zero attached hydrogens (tertiary/aromatic N) is 2. The van der Waals surface area contributed by atoms with Gasteiger partial charge in [0.2, 0.25) is 5.89 Å². The van der Waals surface area contributed by atoms with E-state index in [0.29, 0.717) is 37.8 Å². The van der Waals surface area contributed by atoms with E-state index >= 15 is 0 Å². The molecule has 4 aromatic rings. The minimum atomic E-state index is -0.863. The molecule has 3 aromatic carbocycles. The minimum Gasteiger partial charge on any atom is -0.497 e. The molecule has 0 saturated carbocycles. The lowest BCUT2D eigenvalue weighted by Gasteiger charge is -2.35. The summed E-state index contributed by atoms with van der Waals surface area (Å²) in [4.78, 5) is 19.0. The molecule has 0 saturated heterocycles. The van der Waals surface area contributed by atoms with E-state index in [1.165, 1.54) is 0 Å². The smallest absolute Gasteiger partial charge is 0.325 e. The number of oxazole rings is 1. The molecular formula is C30H30N2O5. The summed E-state index contributed by atoms with van der Waals surface area (Å²) in [6.07, 6.45) is 1.38. The van der Waals surface area contributed by atoms with Gasteiger partial charge in [-0.15, -0.1) is 0 Å². The summed E-state index contributed by atoms with van der Waals surface area (Å²) >= 11 is 0. The van der Waals surface area contributed by atoms with Gasteiger partial charge in [-0.05, 0) is 66.4 Å². The van der Waals surface area contributed by atoms with E-state index in [1.807, 2.05) is 84.6 Å². The van der Waals surface area contributed by atoms with E-state index in [0.717, 1.165) is 45.9 Å². The molecule has 2 heterocycles. The monoisotopic (exact) mass is 498 g/mol. The molecule has 1 aliphatic heterocycles. The number of carboxylic acids is 1. The highest BCUT2D eigenvalue weighted by Gasteiger charge is 2.33. The number of carbonyl (C=O) groups is 1. The molecule has 7 nitrogen and oxygen atoms in total. The number of rotatable bonds is 9. The van der Waals surface area contributed by atoms with Gasteiger partial charge in [0.1, 0.15) is 23.3 Å². The Morgan fingerprint density at radius 2 is 1.84 bits per heavy atom. The van der Waals surface area contributed by atoms with E-state index in [2.05, 4.69) is 4.98 Å². The van der Waals surface area contributed by atoms with Gasteiger partial charge in [0, 0.05) is 25.1 Å². The van der Waals surface area contributed by atoms with E-state index in [-0.39, 0.29) is 0 Å². The summed E-state index contributed by atoms with van der Waals surface area (Å²) in [7, 11) is 1.63. The van der Waals surface area contributed by atoms with Gasteiger partial charge >= 0.3 is 5.97 Å². The summed E-state index contributed by atoms with van der Waals surface area (Å²) in [6.45, 7) is 3.53. The van der Waals surface area contributed by atoms with Crippen LogP contribution in [0.25, 0.3) is 11.5 Å². The second-order valence-electron chi connectivity index (χ2n) is 9.16. The Hall–Kier alpha value is -4.10. The van der Waals surface area contributed by atoms with E-state index in [4.69, 9.17) is 13.9 Å². The molecule has 1 aliphatic rings. The lowest BCUT2D eigenvalue weighted by molar-refractivity contribution is -0.144. The van der Waals surface area contributed by atoms with Crippen LogP contribution < -0.4 is 9.47 Å². The third-order valence-corrected chi connectivity index (χ3v) is 6.75. The van der Waals surface area contributed by atoms with Crippen LogP contribution in [-0.4, -0.2) is 41.2 Å². The second kappa shape index (κ2) is 10.9. The highest BCUT2D eigenvalue weighted by molar-refractivity contribution is 5.77. The first-order chi connectivity index (χ1) is 18.0. The fourth-order valence-electron chi connectivity index (χ4n) is 4.79. The summed E-state index contributed by atoms with van der Waals surface area (Å²) in [5, 5.41) is 10.1. The van der Waals surface area contributed by atoms with Gasteiger partial charge < -0.3 is 19.0 Å². The molecular weight excluding hydrogens is 468 g/mol. The molecule has 0 aliphatic carbocycles. The quantitative estimate of drug-likeness (QED) is 0.328. The number of carboxylic acid groups (broad SMARTS) is 1. The Labute approximate surface area is 216 Å². The van der Waals surface area contributed by atoms with Gasteiger partial charge in [-0.3, -0.25) is 9.69 Å². The molecule has 0 bridgehead atoms. The van der Waals surface area contributed by atoms with Crippen molar-refractivity contribution in [2.75, 3.05) is 20.3 Å². The molecule has 0 fully saturated rings. The standard InChI is InChI=1S/C30H30N2O5/c1-20-27(31-29(37-20)23-6-4-3-5-7-23)15-17-36-25-13-10-22-14-16-32(28(30(33)34)26(22)18-25)19-21-8-11-24(35-2)12-9-21/h3-13,18,28H,14-17,19H2,1-2H3,(H,33,34). The van der Waals surface area contributed by atoms with Crippen LogP contribution in [0.3, 0.4) is 0 Å². The van der Waals surface area contributed by atoms with Crippen molar-refractivity contribution in [3.8, 4) is 23.0 Å². The van der Waals surface area contributed by atoms with Crippen LogP contribution in [0.5, 0.6) is 11.5 Å². The fourth-order valence-corrected chi connectivity index (χ4v) is 4.79. The van der Waals surface area contributed by atoms with E-state index in [9.17, 15) is 9.90 Å². The molecule has 0 radical (unpaired) electrons. The van der Waals surface area contributed by atoms with Crippen molar-refractivity contribution in [3.05, 3.63) is 101 Å². The summed E-state index contributed by atoms with van der Waals surface area (Å²) in [6, 6.07) is 22.6. The summed E-state index contributed by atoms with van der Waals surface area (Å²) in [5.41, 5.74) is 4.66. The van der Waals surface area contributed by atoms with Gasteiger partial charge in [0.15, 0.2) is 0 Å². The number of methoxy groups -OCH3 is 1. The first-order valence-corrected chi connectivity index (χ1v) is 12.4. The molecule has 7 heteroatoms. The van der Waals surface area contributed by atoms with Crippen LogP contribution >= 0.6 is 0 Å². The van der Waals surface area contributed by atoms with Crippen LogP contribution in [0, 0.1) is 6.92 Å². The number of benzene rings is 3. The zero-order valence-corrected chi connectivity index (χ0v) is 21.0. The molecule has 1 aromatic heterocycles. The molecule has 1 atom stereocenters. The average molecular weight is 499 g/mol. The molecule has 1 unspecified atom stereocenters. The van der Waals surface area contributed by atoms with Gasteiger partial charge in [-0.25, -0.2) is 4.98 Å². The first-order valence-electron chi connectivity index (χ1n) is 12.4. The lowest BCUT2D eigenvalue weighted by atomic mass is 9.92. The van der Waals surface area contributed by atoms with Crippen LogP contribution in [0.2, 0.25) is 0 Å². The SMILES string of the molecule is COc1ccc(CN2CCc3ccc(OCCc4nc(-c5ccccc5)oc4C)cc3C2C(=O)O)cc1. The van der Waals surface area contributed by atoms with Crippen LogP contribution in [0.4, 0.5) is 0 Å². The normalized spacial score (nSPS) is 15.2. The number of aliphatic carboxylic acids is 1. The topological polar surface area (TPSA) is 85.0 Å². The molecule has 1 N–H and O–H groups in total. The summed E-state index contributed by atoms with van der Waals surface area (Å²) < 4.78 is 17.1. The largest absolute Gasteiger partial charge is 0.497 e. The second-order valence-corrected chi connectivity index (χ2v) is 9.16. The minimum absolute atomic E-state index is 0.410. The van der Waals surface area contributed by atoms with E-state index in [1.54, 1.807) is 7.11 Å². The Kier molecular flexibility index (Phi) is 7.23. The van der Waals surface area contributed by atoms with Crippen molar-refractivity contribution in [2.24, 2.45) is 0 Å². The Morgan fingerprint density at radius 3 is 2.57 bits per heavy atom. The first kappa shape index (κ1) is 24.6. The van der Waals surface area contributed by atoms with Crippen molar-refractivity contribution < 1.29 is 23.8 Å². The Morgan fingerprint density at radius 1 is 1.08 bits per heavy atom. The molecule has 5 rings (SSSR count). The number of ether oxygens (including phenoxy) is 2. The van der Waals surface area contributed by atoms with Crippen molar-refractivity contribution in [3.63, 3.8) is 0 Å². The molecule has 37 heavy (non-hydrogen) atoms. The van der Waals surface area contributed by atoms with Crippen molar-refractivity contribution in [1.82, 2.24) is 9.88 Å². The predicted octanol–water partition coefficient (Wildman–Crippen LogP) is 5.46. The predicted molar refractivity (Wildman–Crippen MR) is 140 cm³/mol. The zero-order valence-electron chi connectivity index (χ0n) is 21.0. The van der Waals surface area contributed by atoms with Crippen molar-refractivity contribution in [2.45, 2.75) is 32.4 Å². The number of hydrogen-bond acceptors (Lipinski definition) is 6. The number of aryl methyl sites for hydroxylation is 1. The maximum atomic E-state index is 12.4. The van der Waals surface area contributed by atoms with Crippen molar-refractivity contribution >= 4 is 5.97 Å². The number of hydrogen-bond donors (Lipinski definition) is 1. The number of fused-ring (bicyclic) bond motifs is 1. The molecule has 0 amide bonds.